The van der Waals surface area contributed by atoms with E-state index in [1.54, 1.807) is 0 Å². The van der Waals surface area contributed by atoms with Crippen molar-refractivity contribution >= 4 is 32.6 Å². The molecule has 6 aromatic rings. The summed E-state index contributed by atoms with van der Waals surface area (Å²) in [5.41, 5.74) is 9.20. The molecule has 0 bridgehead atoms. The first-order valence-corrected chi connectivity index (χ1v) is 11.2. The molecule has 2 heteroatoms. The van der Waals surface area contributed by atoms with Crippen molar-refractivity contribution in [2.75, 3.05) is 0 Å². The Balaban J connectivity index is 1.84. The van der Waals surface area contributed by atoms with E-state index in [0.29, 0.717) is 0 Å². The van der Waals surface area contributed by atoms with Gasteiger partial charge in [0.25, 0.3) is 0 Å². The van der Waals surface area contributed by atoms with Gasteiger partial charge in [0, 0.05) is 39.7 Å². The highest BCUT2D eigenvalue weighted by molar-refractivity contribution is 6.26. The minimum absolute atomic E-state index is 0.0560. The van der Waals surface area contributed by atoms with Gasteiger partial charge < -0.3 is 4.57 Å². The summed E-state index contributed by atoms with van der Waals surface area (Å²) in [6.45, 7) is 4.75. The lowest BCUT2D eigenvalue weighted by Gasteiger charge is -2.24. The molecule has 0 radical (unpaired) electrons. The van der Waals surface area contributed by atoms with Gasteiger partial charge in [-0.05, 0) is 45.8 Å². The van der Waals surface area contributed by atoms with Gasteiger partial charge >= 0.3 is 0 Å². The van der Waals surface area contributed by atoms with Crippen LogP contribution in [0.25, 0.3) is 49.4 Å². The van der Waals surface area contributed by atoms with Gasteiger partial charge in [-0.2, -0.15) is 0 Å². The van der Waals surface area contributed by atoms with Gasteiger partial charge in [-0.1, -0.05) is 80.6 Å². The molecule has 2 aromatic heterocycles. The van der Waals surface area contributed by atoms with Crippen LogP contribution in [0.4, 0.5) is 0 Å². The summed E-state index contributed by atoms with van der Waals surface area (Å²) < 4.78 is 2.42. The third-order valence-corrected chi connectivity index (χ3v) is 7.24. The van der Waals surface area contributed by atoms with E-state index >= 15 is 0 Å². The highest BCUT2D eigenvalue weighted by atomic mass is 15.0. The Kier molecular flexibility index (Phi) is 3.37. The van der Waals surface area contributed by atoms with E-state index < -0.39 is 0 Å². The first-order chi connectivity index (χ1) is 15.7. The zero-order valence-corrected chi connectivity index (χ0v) is 18.1. The minimum atomic E-state index is -0.0560. The molecule has 0 unspecified atom stereocenters. The van der Waals surface area contributed by atoms with Crippen molar-refractivity contribution in [2.24, 2.45) is 0 Å². The van der Waals surface area contributed by atoms with Crippen LogP contribution in [-0.2, 0) is 5.41 Å². The highest BCUT2D eigenvalue weighted by Crippen LogP contribution is 2.56. The van der Waals surface area contributed by atoms with Crippen molar-refractivity contribution < 1.29 is 0 Å². The maximum atomic E-state index is 4.27. The van der Waals surface area contributed by atoms with Gasteiger partial charge in [0.15, 0.2) is 0 Å². The summed E-state index contributed by atoms with van der Waals surface area (Å²) in [6, 6.07) is 30.9. The summed E-state index contributed by atoms with van der Waals surface area (Å²) in [5.74, 6) is 0. The molecular formula is C30H22N2. The Bertz CT molecular complexity index is 1690. The number of aromatic nitrogens is 2. The van der Waals surface area contributed by atoms with Crippen molar-refractivity contribution in [1.29, 1.82) is 0 Å². The number of benzene rings is 4. The van der Waals surface area contributed by atoms with Gasteiger partial charge in [-0.25, -0.2) is 0 Å². The average molecular weight is 411 g/mol. The molecule has 0 amide bonds. The molecule has 0 atom stereocenters. The van der Waals surface area contributed by atoms with E-state index in [0.717, 1.165) is 5.69 Å². The summed E-state index contributed by atoms with van der Waals surface area (Å²) in [4.78, 5) is 4.27. The molecule has 0 aliphatic heterocycles. The van der Waals surface area contributed by atoms with Crippen LogP contribution < -0.4 is 0 Å². The largest absolute Gasteiger partial charge is 0.308 e. The molecule has 4 aromatic carbocycles. The van der Waals surface area contributed by atoms with E-state index in [9.17, 15) is 0 Å². The second kappa shape index (κ2) is 6.08. The lowest BCUT2D eigenvalue weighted by atomic mass is 9.79. The quantitative estimate of drug-likeness (QED) is 0.272. The summed E-state index contributed by atoms with van der Waals surface area (Å²) in [6.07, 6.45) is 3.76. The van der Waals surface area contributed by atoms with Crippen molar-refractivity contribution in [3.8, 4) is 16.8 Å². The molecule has 152 valence electrons. The SMILES string of the molecule is CC1(C)c2ccccc2-c2c1c1ccccc1c1c2c2ccccc2n1-c1ccncc1. The second-order valence-corrected chi connectivity index (χ2v) is 9.25. The van der Waals surface area contributed by atoms with E-state index in [1.165, 1.54) is 54.8 Å². The molecule has 0 saturated carbocycles. The maximum absolute atomic E-state index is 4.27. The average Bonchev–Trinajstić information content (AvgIpc) is 3.30. The molecular weight excluding hydrogens is 388 g/mol. The Morgan fingerprint density at radius 1 is 0.688 bits per heavy atom. The molecule has 0 spiro atoms. The number of hydrogen-bond donors (Lipinski definition) is 0. The lowest BCUT2D eigenvalue weighted by molar-refractivity contribution is 0.666. The third-order valence-electron chi connectivity index (χ3n) is 7.24. The maximum Gasteiger partial charge on any atom is 0.0625 e. The Morgan fingerprint density at radius 3 is 2.16 bits per heavy atom. The smallest absolute Gasteiger partial charge is 0.0625 e. The zero-order valence-electron chi connectivity index (χ0n) is 18.1. The molecule has 2 nitrogen and oxygen atoms in total. The van der Waals surface area contributed by atoms with Crippen molar-refractivity contribution in [3.05, 3.63) is 108 Å². The van der Waals surface area contributed by atoms with E-state index in [1.807, 2.05) is 12.4 Å². The number of para-hydroxylation sites is 1. The predicted octanol–water partition coefficient (Wildman–Crippen LogP) is 7.64. The second-order valence-electron chi connectivity index (χ2n) is 9.25. The number of fused-ring (bicyclic) bond motifs is 10. The first kappa shape index (κ1) is 17.7. The monoisotopic (exact) mass is 410 g/mol. The minimum Gasteiger partial charge on any atom is -0.308 e. The fourth-order valence-corrected chi connectivity index (χ4v) is 5.98. The normalized spacial score (nSPS) is 14.2. The Hall–Kier alpha value is -3.91. The molecule has 1 aliphatic carbocycles. The topological polar surface area (TPSA) is 17.8 Å². The summed E-state index contributed by atoms with van der Waals surface area (Å²) in [7, 11) is 0. The number of hydrogen-bond acceptors (Lipinski definition) is 1. The number of rotatable bonds is 1. The highest BCUT2D eigenvalue weighted by Gasteiger charge is 2.39. The van der Waals surface area contributed by atoms with Gasteiger partial charge in [-0.3, -0.25) is 4.98 Å². The van der Waals surface area contributed by atoms with Crippen LogP contribution in [0.15, 0.2) is 97.3 Å². The van der Waals surface area contributed by atoms with Crippen LogP contribution >= 0.6 is 0 Å². The van der Waals surface area contributed by atoms with Gasteiger partial charge in [0.1, 0.15) is 0 Å². The van der Waals surface area contributed by atoms with E-state index in [4.69, 9.17) is 0 Å². The molecule has 0 saturated heterocycles. The van der Waals surface area contributed by atoms with E-state index in [2.05, 4.69) is 108 Å². The molecule has 7 rings (SSSR count). The zero-order chi connectivity index (χ0) is 21.4. The standard InChI is InChI=1S/C30H22N2/c1-30(2)24-13-7-5-11-22(24)26-27-23-12-6-8-14-25(23)32(19-15-17-31-18-16-19)29(27)21-10-4-3-9-20(21)28(26)30/h3-18H,1-2H3. The van der Waals surface area contributed by atoms with Crippen molar-refractivity contribution in [2.45, 2.75) is 19.3 Å². The van der Waals surface area contributed by atoms with Crippen LogP contribution in [0.1, 0.15) is 25.0 Å². The summed E-state index contributed by atoms with van der Waals surface area (Å²) >= 11 is 0. The fraction of sp³-hybridized carbons (Fsp3) is 0.100. The van der Waals surface area contributed by atoms with Crippen LogP contribution in [0.3, 0.4) is 0 Å². The number of nitrogens with zero attached hydrogens (tertiary/aromatic N) is 2. The molecule has 2 heterocycles. The van der Waals surface area contributed by atoms with Crippen LogP contribution in [0.2, 0.25) is 0 Å². The van der Waals surface area contributed by atoms with Gasteiger partial charge in [0.2, 0.25) is 0 Å². The van der Waals surface area contributed by atoms with E-state index in [-0.39, 0.29) is 5.41 Å². The van der Waals surface area contributed by atoms with Gasteiger partial charge in [-0.15, -0.1) is 0 Å². The fourth-order valence-electron chi connectivity index (χ4n) is 5.98. The predicted molar refractivity (Wildman–Crippen MR) is 134 cm³/mol. The molecule has 1 aliphatic rings. The number of pyridine rings is 1. The van der Waals surface area contributed by atoms with Crippen molar-refractivity contribution in [3.63, 3.8) is 0 Å². The molecule has 32 heavy (non-hydrogen) atoms. The van der Waals surface area contributed by atoms with Crippen molar-refractivity contribution in [1.82, 2.24) is 9.55 Å². The van der Waals surface area contributed by atoms with Crippen LogP contribution in [0, 0.1) is 0 Å². The Morgan fingerprint density at radius 2 is 1.34 bits per heavy atom. The van der Waals surface area contributed by atoms with Crippen LogP contribution in [0.5, 0.6) is 0 Å². The molecule has 0 N–H and O–H groups in total. The lowest BCUT2D eigenvalue weighted by Crippen LogP contribution is -2.15. The Labute approximate surface area is 186 Å². The first-order valence-electron chi connectivity index (χ1n) is 11.2. The molecule has 0 fully saturated rings. The summed E-state index contributed by atoms with van der Waals surface area (Å²) in [5, 5.41) is 5.29. The third kappa shape index (κ3) is 2.07. The van der Waals surface area contributed by atoms with Gasteiger partial charge in [0.05, 0.1) is 11.0 Å². The van der Waals surface area contributed by atoms with Crippen LogP contribution in [-0.4, -0.2) is 9.55 Å².